The lowest BCUT2D eigenvalue weighted by Crippen LogP contribution is -2.49. The van der Waals surface area contributed by atoms with Crippen molar-refractivity contribution in [2.75, 3.05) is 44.8 Å². The van der Waals surface area contributed by atoms with E-state index < -0.39 is 9.84 Å². The van der Waals surface area contributed by atoms with Crippen molar-refractivity contribution in [1.82, 2.24) is 10.2 Å². The Kier molecular flexibility index (Phi) is 4.87. The minimum Gasteiger partial charge on any atom is -0.377 e. The van der Waals surface area contributed by atoms with Crippen molar-refractivity contribution in [3.05, 3.63) is 0 Å². The van der Waals surface area contributed by atoms with Crippen LogP contribution in [-0.2, 0) is 14.6 Å². The van der Waals surface area contributed by atoms with Crippen molar-refractivity contribution >= 4 is 9.84 Å². The molecule has 2 fully saturated rings. The lowest BCUT2D eigenvalue weighted by molar-refractivity contribution is -0.0502. The molecule has 2 aliphatic rings. The van der Waals surface area contributed by atoms with Gasteiger partial charge in [0.1, 0.15) is 0 Å². The second-order valence-corrected chi connectivity index (χ2v) is 8.32. The molecule has 2 rings (SSSR count). The number of nitrogens with one attached hydrogen (secondary N) is 1. The van der Waals surface area contributed by atoms with E-state index in [4.69, 9.17) is 4.74 Å². The Morgan fingerprint density at radius 3 is 2.89 bits per heavy atom. The SMILES string of the molecule is COC1(C)CCCN(CCNC2CCS(=O)(=O)C2)C1. The number of piperidine rings is 1. The van der Waals surface area contributed by atoms with Crippen molar-refractivity contribution < 1.29 is 13.2 Å². The lowest BCUT2D eigenvalue weighted by Gasteiger charge is -2.39. The van der Waals surface area contributed by atoms with Crippen LogP contribution in [0.4, 0.5) is 0 Å². The van der Waals surface area contributed by atoms with Gasteiger partial charge in [0.2, 0.25) is 0 Å². The Bertz CT molecular complexity index is 399. The third-order valence-electron chi connectivity index (χ3n) is 4.32. The van der Waals surface area contributed by atoms with Crippen LogP contribution in [-0.4, -0.2) is 69.8 Å². The molecule has 1 N–H and O–H groups in total. The standard InChI is InChI=1S/C13H26N2O3S/c1-13(18-2)5-3-7-15(11-13)8-6-14-12-4-9-19(16,17)10-12/h12,14H,3-11H2,1-2H3. The predicted octanol–water partition coefficient (Wildman–Crippen LogP) is 0.264. The Labute approximate surface area is 116 Å². The minimum atomic E-state index is -2.77. The van der Waals surface area contributed by atoms with Crippen LogP contribution in [0.15, 0.2) is 0 Å². The summed E-state index contributed by atoms with van der Waals surface area (Å²) in [6.07, 6.45) is 3.05. The highest BCUT2D eigenvalue weighted by molar-refractivity contribution is 7.91. The number of nitrogens with zero attached hydrogens (tertiary/aromatic N) is 1. The first-order chi connectivity index (χ1) is 8.92. The third kappa shape index (κ3) is 4.41. The second-order valence-electron chi connectivity index (χ2n) is 6.09. The normalized spacial score (nSPS) is 35.6. The fourth-order valence-corrected chi connectivity index (χ4v) is 4.76. The lowest BCUT2D eigenvalue weighted by atomic mass is 9.95. The van der Waals surface area contributed by atoms with Gasteiger partial charge < -0.3 is 10.1 Å². The summed E-state index contributed by atoms with van der Waals surface area (Å²) in [6, 6.07) is 0.156. The number of methoxy groups -OCH3 is 1. The molecular formula is C13H26N2O3S. The number of sulfone groups is 1. The zero-order chi connectivity index (χ0) is 13.9. The van der Waals surface area contributed by atoms with Crippen LogP contribution in [0.3, 0.4) is 0 Å². The summed E-state index contributed by atoms with van der Waals surface area (Å²) in [5.41, 5.74) is -0.0189. The van der Waals surface area contributed by atoms with Gasteiger partial charge in [-0.3, -0.25) is 4.90 Å². The molecule has 0 aromatic heterocycles. The summed E-state index contributed by atoms with van der Waals surface area (Å²) in [5.74, 6) is 0.652. The molecule has 112 valence electrons. The van der Waals surface area contributed by atoms with Crippen LogP contribution in [0.5, 0.6) is 0 Å². The first-order valence-corrected chi connectivity index (χ1v) is 8.96. The van der Waals surface area contributed by atoms with Gasteiger partial charge in [-0.2, -0.15) is 0 Å². The van der Waals surface area contributed by atoms with E-state index in [1.54, 1.807) is 7.11 Å². The summed E-state index contributed by atoms with van der Waals surface area (Å²) < 4.78 is 28.3. The average Bonchev–Trinajstić information content (AvgIpc) is 2.69. The van der Waals surface area contributed by atoms with E-state index in [0.717, 1.165) is 39.0 Å². The maximum Gasteiger partial charge on any atom is 0.151 e. The molecule has 0 amide bonds. The van der Waals surface area contributed by atoms with Crippen LogP contribution in [0.25, 0.3) is 0 Å². The first kappa shape index (κ1) is 15.2. The van der Waals surface area contributed by atoms with Crippen molar-refractivity contribution in [2.45, 2.75) is 37.8 Å². The predicted molar refractivity (Wildman–Crippen MR) is 76.1 cm³/mol. The van der Waals surface area contributed by atoms with Gasteiger partial charge in [-0.15, -0.1) is 0 Å². The van der Waals surface area contributed by atoms with Gasteiger partial charge in [0.25, 0.3) is 0 Å². The molecule has 2 unspecified atom stereocenters. The highest BCUT2D eigenvalue weighted by atomic mass is 32.2. The van der Waals surface area contributed by atoms with E-state index >= 15 is 0 Å². The monoisotopic (exact) mass is 290 g/mol. The molecule has 0 aromatic carbocycles. The van der Waals surface area contributed by atoms with Crippen molar-refractivity contribution in [2.24, 2.45) is 0 Å². The summed E-state index contributed by atoms with van der Waals surface area (Å²) in [6.45, 7) is 6.07. The van der Waals surface area contributed by atoms with E-state index in [1.165, 1.54) is 6.42 Å². The maximum atomic E-state index is 11.4. The Morgan fingerprint density at radius 1 is 1.47 bits per heavy atom. The smallest absolute Gasteiger partial charge is 0.151 e. The van der Waals surface area contributed by atoms with Gasteiger partial charge in [-0.1, -0.05) is 0 Å². The Hall–Kier alpha value is -0.170. The van der Waals surface area contributed by atoms with Crippen molar-refractivity contribution in [3.8, 4) is 0 Å². The van der Waals surface area contributed by atoms with E-state index in [0.29, 0.717) is 11.5 Å². The van der Waals surface area contributed by atoms with Crippen LogP contribution >= 0.6 is 0 Å². The fraction of sp³-hybridized carbons (Fsp3) is 1.00. The first-order valence-electron chi connectivity index (χ1n) is 7.14. The average molecular weight is 290 g/mol. The van der Waals surface area contributed by atoms with Gasteiger partial charge in [0.05, 0.1) is 17.1 Å². The van der Waals surface area contributed by atoms with Crippen LogP contribution < -0.4 is 5.32 Å². The highest BCUT2D eigenvalue weighted by Gasteiger charge is 2.31. The number of hydrogen-bond acceptors (Lipinski definition) is 5. The molecule has 2 aliphatic heterocycles. The van der Waals surface area contributed by atoms with Gasteiger partial charge in [0.15, 0.2) is 9.84 Å². The van der Waals surface area contributed by atoms with Crippen LogP contribution in [0.2, 0.25) is 0 Å². The molecule has 2 atom stereocenters. The molecular weight excluding hydrogens is 264 g/mol. The van der Waals surface area contributed by atoms with Crippen molar-refractivity contribution in [3.63, 3.8) is 0 Å². The quantitative estimate of drug-likeness (QED) is 0.787. The molecule has 6 heteroatoms. The molecule has 2 heterocycles. The zero-order valence-corrected chi connectivity index (χ0v) is 12.8. The largest absolute Gasteiger partial charge is 0.377 e. The number of ether oxygens (including phenoxy) is 1. The second kappa shape index (κ2) is 6.08. The molecule has 0 spiro atoms. The van der Waals surface area contributed by atoms with Gasteiger partial charge in [-0.05, 0) is 32.7 Å². The van der Waals surface area contributed by atoms with Gasteiger partial charge in [0, 0.05) is 32.8 Å². The summed E-state index contributed by atoms with van der Waals surface area (Å²) in [4.78, 5) is 2.41. The maximum absolute atomic E-state index is 11.4. The summed E-state index contributed by atoms with van der Waals surface area (Å²) in [7, 11) is -0.987. The van der Waals surface area contributed by atoms with E-state index in [1.807, 2.05) is 0 Å². The molecule has 2 saturated heterocycles. The van der Waals surface area contributed by atoms with E-state index in [-0.39, 0.29) is 11.6 Å². The Morgan fingerprint density at radius 2 is 2.26 bits per heavy atom. The molecule has 5 nitrogen and oxygen atoms in total. The number of rotatable bonds is 5. The number of likely N-dealkylation sites (tertiary alicyclic amines) is 1. The van der Waals surface area contributed by atoms with Gasteiger partial charge >= 0.3 is 0 Å². The molecule has 0 bridgehead atoms. The molecule has 0 saturated carbocycles. The summed E-state index contributed by atoms with van der Waals surface area (Å²) in [5, 5.41) is 3.37. The molecule has 0 aromatic rings. The van der Waals surface area contributed by atoms with Crippen LogP contribution in [0.1, 0.15) is 26.2 Å². The number of hydrogen-bond donors (Lipinski definition) is 1. The minimum absolute atomic E-state index is 0.0189. The zero-order valence-electron chi connectivity index (χ0n) is 12.0. The fourth-order valence-electron chi connectivity index (χ4n) is 3.05. The molecule has 19 heavy (non-hydrogen) atoms. The van der Waals surface area contributed by atoms with Crippen LogP contribution in [0, 0.1) is 0 Å². The highest BCUT2D eigenvalue weighted by Crippen LogP contribution is 2.23. The molecule has 0 radical (unpaired) electrons. The van der Waals surface area contributed by atoms with Crippen molar-refractivity contribution in [1.29, 1.82) is 0 Å². The third-order valence-corrected chi connectivity index (χ3v) is 6.09. The Balaban J connectivity index is 1.69. The summed E-state index contributed by atoms with van der Waals surface area (Å²) >= 11 is 0. The van der Waals surface area contributed by atoms with E-state index in [9.17, 15) is 8.42 Å². The van der Waals surface area contributed by atoms with Gasteiger partial charge in [-0.25, -0.2) is 8.42 Å². The molecule has 0 aliphatic carbocycles. The topological polar surface area (TPSA) is 58.6 Å². The van der Waals surface area contributed by atoms with E-state index in [2.05, 4.69) is 17.1 Å².